The number of rotatable bonds is 5. The molecule has 0 aromatic carbocycles. The summed E-state index contributed by atoms with van der Waals surface area (Å²) in [5.74, 6) is 0.465. The van der Waals surface area contributed by atoms with Crippen LogP contribution in [0.2, 0.25) is 0 Å². The summed E-state index contributed by atoms with van der Waals surface area (Å²) in [5, 5.41) is 5.12. The highest BCUT2D eigenvalue weighted by molar-refractivity contribution is 14.0. The first-order chi connectivity index (χ1) is 7.18. The molecule has 0 amide bonds. The van der Waals surface area contributed by atoms with E-state index in [1.807, 2.05) is 6.07 Å². The lowest BCUT2D eigenvalue weighted by molar-refractivity contribution is 0.864. The fraction of sp³-hybridized carbons (Fsp3) is 0.300. The molecule has 1 rings (SSSR count). The fourth-order valence-electron chi connectivity index (χ4n) is 0.995. The zero-order chi connectivity index (χ0) is 11.1. The topological polar surface area (TPSA) is 50.4 Å². The molecular weight excluding hydrogens is 401 g/mol. The quantitative estimate of drug-likeness (QED) is 0.441. The van der Waals surface area contributed by atoms with E-state index < -0.39 is 0 Å². The van der Waals surface area contributed by atoms with Gasteiger partial charge in [-0.3, -0.25) is 0 Å². The molecule has 90 valence electrons. The summed E-state index contributed by atoms with van der Waals surface area (Å²) < 4.78 is 0.825. The standard InChI is InChI=1S/C10H14BrN3S.HI/c1-8(11)7-14-10(12)13-5-4-9-3-2-6-15-9;/h2-3,6H,1,4-5,7H2,(H3,12,13,14);1H. The Labute approximate surface area is 125 Å². The minimum atomic E-state index is 0. The number of thiophene rings is 1. The molecule has 1 aromatic heterocycles. The first-order valence-electron chi connectivity index (χ1n) is 4.58. The third-order valence-corrected chi connectivity index (χ3v) is 2.87. The number of nitrogens with one attached hydrogen (secondary N) is 1. The normalized spacial score (nSPS) is 10.7. The van der Waals surface area contributed by atoms with Crippen molar-refractivity contribution in [1.29, 1.82) is 0 Å². The van der Waals surface area contributed by atoms with Crippen LogP contribution in [0.1, 0.15) is 4.88 Å². The molecule has 16 heavy (non-hydrogen) atoms. The maximum Gasteiger partial charge on any atom is 0.188 e. The van der Waals surface area contributed by atoms with Crippen molar-refractivity contribution in [3.05, 3.63) is 33.5 Å². The molecule has 0 unspecified atom stereocenters. The third-order valence-electron chi connectivity index (χ3n) is 1.68. The largest absolute Gasteiger partial charge is 0.370 e. The SMILES string of the molecule is C=C(Br)CN=C(N)NCCc1cccs1.I. The molecule has 6 heteroatoms. The Balaban J connectivity index is 0.00000225. The summed E-state index contributed by atoms with van der Waals surface area (Å²) >= 11 is 4.97. The van der Waals surface area contributed by atoms with Crippen LogP contribution < -0.4 is 11.1 Å². The van der Waals surface area contributed by atoms with Crippen molar-refractivity contribution >= 4 is 57.2 Å². The van der Waals surface area contributed by atoms with Gasteiger partial charge >= 0.3 is 0 Å². The number of halogens is 2. The molecule has 3 nitrogen and oxygen atoms in total. The van der Waals surface area contributed by atoms with E-state index in [1.54, 1.807) is 11.3 Å². The van der Waals surface area contributed by atoms with Crippen LogP contribution in [0.25, 0.3) is 0 Å². The molecule has 1 heterocycles. The monoisotopic (exact) mass is 415 g/mol. The van der Waals surface area contributed by atoms with E-state index in [0.717, 1.165) is 17.4 Å². The molecule has 0 aliphatic heterocycles. The van der Waals surface area contributed by atoms with E-state index in [-0.39, 0.29) is 24.0 Å². The van der Waals surface area contributed by atoms with Crippen LogP contribution in [0.4, 0.5) is 0 Å². The van der Waals surface area contributed by atoms with E-state index in [4.69, 9.17) is 5.73 Å². The van der Waals surface area contributed by atoms with Crippen LogP contribution in [0.5, 0.6) is 0 Å². The van der Waals surface area contributed by atoms with Crippen molar-refractivity contribution < 1.29 is 0 Å². The molecule has 3 N–H and O–H groups in total. The zero-order valence-corrected chi connectivity index (χ0v) is 13.5. The number of aliphatic imine (C=N–C) groups is 1. The highest BCUT2D eigenvalue weighted by Gasteiger charge is 1.94. The lowest BCUT2D eigenvalue weighted by atomic mass is 10.3. The summed E-state index contributed by atoms with van der Waals surface area (Å²) in [4.78, 5) is 5.43. The van der Waals surface area contributed by atoms with Gasteiger partial charge in [-0.15, -0.1) is 35.3 Å². The van der Waals surface area contributed by atoms with Crippen LogP contribution in [-0.4, -0.2) is 19.0 Å². The Kier molecular flexibility index (Phi) is 8.96. The van der Waals surface area contributed by atoms with Crippen LogP contribution in [0.15, 0.2) is 33.6 Å². The number of nitrogens with two attached hydrogens (primary N) is 1. The van der Waals surface area contributed by atoms with Gasteiger partial charge in [-0.05, 0) is 17.9 Å². The molecular formula is C10H15BrIN3S. The first kappa shape index (κ1) is 15.9. The lowest BCUT2D eigenvalue weighted by Gasteiger charge is -2.03. The van der Waals surface area contributed by atoms with Crippen molar-refractivity contribution in [2.45, 2.75) is 6.42 Å². The zero-order valence-electron chi connectivity index (χ0n) is 8.78. The highest BCUT2D eigenvalue weighted by atomic mass is 127. The Morgan fingerprint density at radius 1 is 1.62 bits per heavy atom. The smallest absolute Gasteiger partial charge is 0.188 e. The van der Waals surface area contributed by atoms with Gasteiger partial charge in [0, 0.05) is 15.9 Å². The number of nitrogens with zero attached hydrogens (tertiary/aromatic N) is 1. The van der Waals surface area contributed by atoms with Crippen LogP contribution in [0.3, 0.4) is 0 Å². The Bertz CT molecular complexity index is 338. The van der Waals surface area contributed by atoms with E-state index >= 15 is 0 Å². The highest BCUT2D eigenvalue weighted by Crippen LogP contribution is 2.07. The van der Waals surface area contributed by atoms with Crippen LogP contribution >= 0.6 is 51.2 Å². The van der Waals surface area contributed by atoms with Crippen molar-refractivity contribution in [2.24, 2.45) is 10.7 Å². The van der Waals surface area contributed by atoms with E-state index in [1.165, 1.54) is 4.88 Å². The van der Waals surface area contributed by atoms with Gasteiger partial charge in [0.2, 0.25) is 0 Å². The van der Waals surface area contributed by atoms with Crippen molar-refractivity contribution in [3.63, 3.8) is 0 Å². The third kappa shape index (κ3) is 7.24. The molecule has 0 aliphatic rings. The predicted molar refractivity (Wildman–Crippen MR) is 86.0 cm³/mol. The van der Waals surface area contributed by atoms with Gasteiger partial charge in [0.15, 0.2) is 5.96 Å². The minimum absolute atomic E-state index is 0. The van der Waals surface area contributed by atoms with Gasteiger partial charge < -0.3 is 11.1 Å². The molecule has 0 bridgehead atoms. The van der Waals surface area contributed by atoms with Gasteiger partial charge in [0.25, 0.3) is 0 Å². The van der Waals surface area contributed by atoms with Crippen LogP contribution in [0, 0.1) is 0 Å². The van der Waals surface area contributed by atoms with Gasteiger partial charge in [-0.1, -0.05) is 28.6 Å². The minimum Gasteiger partial charge on any atom is -0.370 e. The van der Waals surface area contributed by atoms with Crippen molar-refractivity contribution in [2.75, 3.05) is 13.1 Å². The summed E-state index contributed by atoms with van der Waals surface area (Å²) in [7, 11) is 0. The second-order valence-electron chi connectivity index (χ2n) is 2.97. The Morgan fingerprint density at radius 3 is 2.94 bits per heavy atom. The fourth-order valence-corrected chi connectivity index (χ4v) is 1.83. The summed E-state index contributed by atoms with van der Waals surface area (Å²) in [6, 6.07) is 4.16. The molecule has 0 fully saturated rings. The lowest BCUT2D eigenvalue weighted by Crippen LogP contribution is -2.33. The summed E-state index contributed by atoms with van der Waals surface area (Å²) in [6.45, 7) is 5.00. The summed E-state index contributed by atoms with van der Waals surface area (Å²) in [6.07, 6.45) is 0.975. The van der Waals surface area contributed by atoms with Crippen molar-refractivity contribution in [3.8, 4) is 0 Å². The van der Waals surface area contributed by atoms with Crippen LogP contribution in [-0.2, 0) is 6.42 Å². The molecule has 0 saturated carbocycles. The second-order valence-corrected chi connectivity index (χ2v) is 5.13. The molecule has 0 atom stereocenters. The Hall–Kier alpha value is -0.0800. The van der Waals surface area contributed by atoms with Crippen molar-refractivity contribution in [1.82, 2.24) is 5.32 Å². The molecule has 0 radical (unpaired) electrons. The van der Waals surface area contributed by atoms with E-state index in [0.29, 0.717) is 12.5 Å². The predicted octanol–water partition coefficient (Wildman–Crippen LogP) is 2.72. The maximum atomic E-state index is 5.64. The van der Waals surface area contributed by atoms with Gasteiger partial charge in [-0.25, -0.2) is 4.99 Å². The second kappa shape index (κ2) is 9.00. The molecule has 1 aromatic rings. The maximum absolute atomic E-state index is 5.64. The van der Waals surface area contributed by atoms with Gasteiger partial charge in [-0.2, -0.15) is 0 Å². The molecule has 0 spiro atoms. The molecule has 0 aliphatic carbocycles. The van der Waals surface area contributed by atoms with E-state index in [2.05, 4.69) is 44.3 Å². The van der Waals surface area contributed by atoms with Gasteiger partial charge in [0.1, 0.15) is 0 Å². The average Bonchev–Trinajstić information content (AvgIpc) is 2.67. The average molecular weight is 416 g/mol. The molecule has 0 saturated heterocycles. The van der Waals surface area contributed by atoms with Gasteiger partial charge in [0.05, 0.1) is 6.54 Å². The first-order valence-corrected chi connectivity index (χ1v) is 6.25. The Morgan fingerprint density at radius 2 is 2.38 bits per heavy atom. The summed E-state index contributed by atoms with van der Waals surface area (Å²) in [5.41, 5.74) is 5.64. The number of guanidine groups is 1. The number of hydrogen-bond acceptors (Lipinski definition) is 2. The number of hydrogen-bond donors (Lipinski definition) is 2. The van der Waals surface area contributed by atoms with E-state index in [9.17, 15) is 0 Å².